The van der Waals surface area contributed by atoms with Crippen LogP contribution in [-0.4, -0.2) is 37.8 Å². The van der Waals surface area contributed by atoms with Crippen LogP contribution in [-0.2, 0) is 10.0 Å². The van der Waals surface area contributed by atoms with Crippen LogP contribution in [0, 0.1) is 17.0 Å². The van der Waals surface area contributed by atoms with Gasteiger partial charge in [0.15, 0.2) is 0 Å². The summed E-state index contributed by atoms with van der Waals surface area (Å²) in [5.41, 5.74) is 0.783. The van der Waals surface area contributed by atoms with E-state index in [4.69, 9.17) is 4.74 Å². The Kier molecular flexibility index (Phi) is 5.53. The van der Waals surface area contributed by atoms with Crippen molar-refractivity contribution in [3.8, 4) is 5.75 Å². The van der Waals surface area contributed by atoms with E-state index in [0.717, 1.165) is 15.9 Å². The quantitative estimate of drug-likeness (QED) is 0.565. The van der Waals surface area contributed by atoms with Gasteiger partial charge in [0.25, 0.3) is 5.69 Å². The summed E-state index contributed by atoms with van der Waals surface area (Å²) >= 11 is 0. The topological polar surface area (TPSA) is 89.8 Å². The zero-order chi connectivity index (χ0) is 17.7. The molecule has 0 radical (unpaired) electrons. The lowest BCUT2D eigenvalue weighted by Gasteiger charge is -2.17. The van der Waals surface area contributed by atoms with Gasteiger partial charge in [-0.3, -0.25) is 10.1 Å². The van der Waals surface area contributed by atoms with Crippen molar-refractivity contribution in [3.63, 3.8) is 0 Å². The Morgan fingerprint density at radius 3 is 2.54 bits per heavy atom. The van der Waals surface area contributed by atoms with Crippen LogP contribution in [0.1, 0.15) is 5.56 Å². The van der Waals surface area contributed by atoms with Crippen LogP contribution in [0.25, 0.3) is 0 Å². The molecule has 8 heteroatoms. The Morgan fingerprint density at radius 1 is 1.17 bits per heavy atom. The lowest BCUT2D eigenvalue weighted by atomic mass is 10.2. The highest BCUT2D eigenvalue weighted by Crippen LogP contribution is 2.20. The molecule has 0 atom stereocenters. The van der Waals surface area contributed by atoms with Crippen molar-refractivity contribution >= 4 is 15.7 Å². The van der Waals surface area contributed by atoms with E-state index in [2.05, 4.69) is 0 Å². The molecule has 0 saturated heterocycles. The van der Waals surface area contributed by atoms with Crippen LogP contribution in [0.15, 0.2) is 53.4 Å². The number of sulfonamides is 1. The maximum atomic E-state index is 12.5. The average molecular weight is 350 g/mol. The molecule has 0 aromatic heterocycles. The van der Waals surface area contributed by atoms with Gasteiger partial charge in [0.2, 0.25) is 10.0 Å². The first-order chi connectivity index (χ1) is 11.3. The minimum absolute atomic E-state index is 0.116. The molecule has 0 unspecified atom stereocenters. The third-order valence-electron chi connectivity index (χ3n) is 3.40. The van der Waals surface area contributed by atoms with Crippen molar-refractivity contribution in [2.24, 2.45) is 0 Å². The molecule has 0 aliphatic rings. The molecular weight excluding hydrogens is 332 g/mol. The molecule has 0 spiro atoms. The summed E-state index contributed by atoms with van der Waals surface area (Å²) in [4.78, 5) is 10.0. The molecule has 2 aromatic carbocycles. The van der Waals surface area contributed by atoms with Gasteiger partial charge >= 0.3 is 0 Å². The van der Waals surface area contributed by atoms with Crippen LogP contribution in [0.5, 0.6) is 5.75 Å². The summed E-state index contributed by atoms with van der Waals surface area (Å²) in [5, 5.41) is 10.8. The van der Waals surface area contributed by atoms with E-state index in [-0.39, 0.29) is 23.7 Å². The number of nitro benzene ring substituents is 1. The Bertz CT molecular complexity index is 836. The van der Waals surface area contributed by atoms with Gasteiger partial charge in [-0.1, -0.05) is 18.2 Å². The molecule has 0 N–H and O–H groups in total. The number of hydrogen-bond acceptors (Lipinski definition) is 5. The van der Waals surface area contributed by atoms with Gasteiger partial charge in [-0.2, -0.15) is 4.31 Å². The van der Waals surface area contributed by atoms with Crippen molar-refractivity contribution in [2.75, 3.05) is 20.2 Å². The number of non-ortho nitro benzene ring substituents is 1. The molecule has 0 saturated carbocycles. The summed E-state index contributed by atoms with van der Waals surface area (Å²) in [6.07, 6.45) is 0. The summed E-state index contributed by atoms with van der Waals surface area (Å²) in [5.74, 6) is 0.663. The van der Waals surface area contributed by atoms with Crippen molar-refractivity contribution in [3.05, 3.63) is 64.2 Å². The summed E-state index contributed by atoms with van der Waals surface area (Å²) in [6.45, 7) is 2.23. The number of likely N-dealkylation sites (N-methyl/N-ethyl adjacent to an activating group) is 1. The largest absolute Gasteiger partial charge is 0.492 e. The lowest BCUT2D eigenvalue weighted by molar-refractivity contribution is -0.385. The minimum atomic E-state index is -3.81. The SMILES string of the molecule is Cc1cccc(OCCN(C)S(=O)(=O)c2cccc([N+](=O)[O-])c2)c1. The Morgan fingerprint density at radius 2 is 1.88 bits per heavy atom. The molecule has 24 heavy (non-hydrogen) atoms. The average Bonchev–Trinajstić information content (AvgIpc) is 2.55. The van der Waals surface area contributed by atoms with Crippen LogP contribution in [0.3, 0.4) is 0 Å². The molecule has 7 nitrogen and oxygen atoms in total. The number of rotatable bonds is 7. The summed E-state index contributed by atoms with van der Waals surface area (Å²) in [6, 6.07) is 12.4. The van der Waals surface area contributed by atoms with Crippen molar-refractivity contribution in [2.45, 2.75) is 11.8 Å². The highest BCUT2D eigenvalue weighted by molar-refractivity contribution is 7.89. The number of hydrogen-bond donors (Lipinski definition) is 0. The number of aryl methyl sites for hydroxylation is 1. The summed E-state index contributed by atoms with van der Waals surface area (Å²) < 4.78 is 31.6. The summed E-state index contributed by atoms with van der Waals surface area (Å²) in [7, 11) is -2.40. The van der Waals surface area contributed by atoms with Crippen LogP contribution in [0.4, 0.5) is 5.69 Å². The van der Waals surface area contributed by atoms with Gasteiger partial charge in [0, 0.05) is 25.7 Å². The molecule has 2 aromatic rings. The standard InChI is InChI=1S/C16H18N2O5S/c1-13-5-3-7-15(11-13)23-10-9-17(2)24(21,22)16-8-4-6-14(12-16)18(19)20/h3-8,11-12H,9-10H2,1-2H3. The molecular formula is C16H18N2O5S. The fourth-order valence-corrected chi connectivity index (χ4v) is 3.25. The van der Waals surface area contributed by atoms with Gasteiger partial charge in [-0.15, -0.1) is 0 Å². The van der Waals surface area contributed by atoms with E-state index in [9.17, 15) is 18.5 Å². The predicted molar refractivity (Wildman–Crippen MR) is 89.6 cm³/mol. The molecule has 0 bridgehead atoms. The van der Waals surface area contributed by atoms with Gasteiger partial charge in [-0.25, -0.2) is 8.42 Å². The fraction of sp³-hybridized carbons (Fsp3) is 0.250. The maximum Gasteiger partial charge on any atom is 0.270 e. The smallest absolute Gasteiger partial charge is 0.270 e. The van der Waals surface area contributed by atoms with Crippen molar-refractivity contribution < 1.29 is 18.1 Å². The number of nitrogens with zero attached hydrogens (tertiary/aromatic N) is 2. The number of nitro groups is 1. The number of ether oxygens (including phenoxy) is 1. The Labute approximate surface area is 140 Å². The van der Waals surface area contributed by atoms with Crippen molar-refractivity contribution in [1.29, 1.82) is 0 Å². The van der Waals surface area contributed by atoms with Crippen LogP contribution >= 0.6 is 0 Å². The third kappa shape index (κ3) is 4.30. The fourth-order valence-electron chi connectivity index (χ4n) is 2.05. The van der Waals surface area contributed by atoms with Gasteiger partial charge < -0.3 is 4.74 Å². The Balaban J connectivity index is 2.04. The third-order valence-corrected chi connectivity index (χ3v) is 5.25. The molecule has 0 heterocycles. The van der Waals surface area contributed by atoms with Crippen molar-refractivity contribution in [1.82, 2.24) is 4.31 Å². The maximum absolute atomic E-state index is 12.5. The molecule has 128 valence electrons. The van der Waals surface area contributed by atoms with E-state index in [1.807, 2.05) is 25.1 Å². The molecule has 0 aliphatic carbocycles. The minimum Gasteiger partial charge on any atom is -0.492 e. The molecule has 0 amide bonds. The first-order valence-corrected chi connectivity index (χ1v) is 8.65. The van der Waals surface area contributed by atoms with Gasteiger partial charge in [-0.05, 0) is 30.7 Å². The molecule has 0 fully saturated rings. The first kappa shape index (κ1) is 17.9. The zero-order valence-corrected chi connectivity index (χ0v) is 14.2. The predicted octanol–water partition coefficient (Wildman–Crippen LogP) is 2.60. The lowest BCUT2D eigenvalue weighted by Crippen LogP contribution is -2.31. The van der Waals surface area contributed by atoms with Gasteiger partial charge in [0.1, 0.15) is 12.4 Å². The van der Waals surface area contributed by atoms with E-state index >= 15 is 0 Å². The van der Waals surface area contributed by atoms with E-state index in [0.29, 0.717) is 5.75 Å². The number of benzene rings is 2. The van der Waals surface area contributed by atoms with E-state index < -0.39 is 14.9 Å². The second kappa shape index (κ2) is 7.41. The van der Waals surface area contributed by atoms with Crippen LogP contribution in [0.2, 0.25) is 0 Å². The molecule has 0 aliphatic heterocycles. The molecule has 2 rings (SSSR count). The van der Waals surface area contributed by atoms with E-state index in [1.54, 1.807) is 6.07 Å². The highest BCUT2D eigenvalue weighted by atomic mass is 32.2. The van der Waals surface area contributed by atoms with E-state index in [1.165, 1.54) is 25.2 Å². The first-order valence-electron chi connectivity index (χ1n) is 7.21. The van der Waals surface area contributed by atoms with Crippen LogP contribution < -0.4 is 4.74 Å². The van der Waals surface area contributed by atoms with Gasteiger partial charge in [0.05, 0.1) is 9.82 Å². The normalized spacial score (nSPS) is 11.5. The monoisotopic (exact) mass is 350 g/mol. The Hall–Kier alpha value is -2.45. The second-order valence-electron chi connectivity index (χ2n) is 5.25. The second-order valence-corrected chi connectivity index (χ2v) is 7.29. The zero-order valence-electron chi connectivity index (χ0n) is 13.4. The highest BCUT2D eigenvalue weighted by Gasteiger charge is 2.22.